The minimum atomic E-state index is -1.29. The van der Waals surface area contributed by atoms with Crippen molar-refractivity contribution in [1.82, 2.24) is 4.90 Å². The van der Waals surface area contributed by atoms with E-state index < -0.39 is 33.7 Å². The predicted molar refractivity (Wildman–Crippen MR) is 102 cm³/mol. The van der Waals surface area contributed by atoms with Crippen molar-refractivity contribution in [2.75, 3.05) is 0 Å². The van der Waals surface area contributed by atoms with E-state index in [2.05, 4.69) is 0 Å². The molecule has 0 bridgehead atoms. The highest BCUT2D eigenvalue weighted by Gasteiger charge is 2.63. The number of ether oxygens (including phenoxy) is 1. The molecule has 0 aliphatic carbocycles. The number of rotatable bonds is 4. The molecule has 2 aliphatic rings. The van der Waals surface area contributed by atoms with Crippen LogP contribution in [0, 0.1) is 0 Å². The van der Waals surface area contributed by atoms with E-state index in [0.29, 0.717) is 0 Å². The molecule has 4 rings (SSSR count). The summed E-state index contributed by atoms with van der Waals surface area (Å²) < 4.78 is 17.8. The van der Waals surface area contributed by atoms with Gasteiger partial charge in [-0.3, -0.25) is 9.00 Å². The molecule has 5 nitrogen and oxygen atoms in total. The van der Waals surface area contributed by atoms with Gasteiger partial charge in [-0.05, 0) is 25.0 Å². The summed E-state index contributed by atoms with van der Waals surface area (Å²) in [4.78, 5) is 26.7. The molecule has 0 saturated carbocycles. The highest BCUT2D eigenvalue weighted by Crippen LogP contribution is 2.44. The molecule has 0 unspecified atom stereocenters. The smallest absolute Gasteiger partial charge is 0.331 e. The van der Waals surface area contributed by atoms with Crippen LogP contribution in [0.5, 0.6) is 0 Å². The van der Waals surface area contributed by atoms with E-state index in [4.69, 9.17) is 4.74 Å². The molecular weight excluding hydrogens is 362 g/mol. The molecule has 0 N–H and O–H groups in total. The topological polar surface area (TPSA) is 63.7 Å². The molecule has 0 radical (unpaired) electrons. The van der Waals surface area contributed by atoms with Gasteiger partial charge in [-0.1, -0.05) is 60.7 Å². The fraction of sp³-hybridized carbons (Fsp3) is 0.333. The van der Waals surface area contributed by atoms with Crippen LogP contribution in [0.2, 0.25) is 0 Å². The summed E-state index contributed by atoms with van der Waals surface area (Å²) in [5, 5.41) is -0.378. The molecule has 1 amide bonds. The van der Waals surface area contributed by atoms with E-state index in [9.17, 15) is 13.8 Å². The number of hydrogen-bond donors (Lipinski definition) is 0. The van der Waals surface area contributed by atoms with Gasteiger partial charge in [0.25, 0.3) is 0 Å². The Morgan fingerprint density at radius 1 is 1.07 bits per heavy atom. The van der Waals surface area contributed by atoms with Crippen LogP contribution in [-0.2, 0) is 25.1 Å². The van der Waals surface area contributed by atoms with E-state index >= 15 is 0 Å². The van der Waals surface area contributed by atoms with Gasteiger partial charge in [0.2, 0.25) is 5.91 Å². The number of carbonyl (C=O) groups excluding carboxylic acids is 2. The summed E-state index contributed by atoms with van der Waals surface area (Å²) in [6, 6.07) is 18.2. The number of fused-ring (bicyclic) bond motifs is 1. The lowest BCUT2D eigenvalue weighted by atomic mass is 9.97. The molecule has 2 saturated heterocycles. The molecule has 2 heterocycles. The lowest BCUT2D eigenvalue weighted by Gasteiger charge is -2.37. The predicted octanol–water partition coefficient (Wildman–Crippen LogP) is 2.79. The Labute approximate surface area is 160 Å². The lowest BCUT2D eigenvalue weighted by molar-refractivity contribution is -0.164. The van der Waals surface area contributed by atoms with Crippen molar-refractivity contribution in [3.63, 3.8) is 0 Å². The molecule has 27 heavy (non-hydrogen) atoms. The van der Waals surface area contributed by atoms with Gasteiger partial charge in [0, 0.05) is 0 Å². The third kappa shape index (κ3) is 2.88. The quantitative estimate of drug-likeness (QED) is 0.602. The van der Waals surface area contributed by atoms with Gasteiger partial charge in [-0.2, -0.15) is 0 Å². The maximum absolute atomic E-state index is 13.1. The van der Waals surface area contributed by atoms with Crippen LogP contribution in [0.1, 0.15) is 37.5 Å². The molecular formula is C21H21NO4S. The summed E-state index contributed by atoms with van der Waals surface area (Å²) >= 11 is 0. The second-order valence-corrected chi connectivity index (χ2v) is 9.59. The Morgan fingerprint density at radius 2 is 1.59 bits per heavy atom. The van der Waals surface area contributed by atoms with Gasteiger partial charge in [-0.25, -0.2) is 4.79 Å². The zero-order valence-corrected chi connectivity index (χ0v) is 16.0. The zero-order chi connectivity index (χ0) is 19.2. The minimum Gasteiger partial charge on any atom is -0.451 e. The lowest BCUT2D eigenvalue weighted by Crippen LogP contribution is -2.57. The van der Waals surface area contributed by atoms with Crippen molar-refractivity contribution in [2.24, 2.45) is 0 Å². The van der Waals surface area contributed by atoms with Crippen LogP contribution >= 0.6 is 0 Å². The fourth-order valence-electron chi connectivity index (χ4n) is 3.85. The summed E-state index contributed by atoms with van der Waals surface area (Å²) in [6.07, 6.45) is -0.347. The Bertz CT molecular complexity index is 857. The highest BCUT2D eigenvalue weighted by molar-refractivity contribution is 7.87. The van der Waals surface area contributed by atoms with Crippen LogP contribution in [0.15, 0.2) is 60.7 Å². The first-order chi connectivity index (χ1) is 12.9. The Balaban J connectivity index is 1.66. The molecule has 0 aromatic heterocycles. The second-order valence-electron chi connectivity index (χ2n) is 7.40. The Hall–Kier alpha value is -2.47. The van der Waals surface area contributed by atoms with E-state index in [1.807, 2.05) is 60.7 Å². The average molecular weight is 383 g/mol. The highest BCUT2D eigenvalue weighted by atomic mass is 32.2. The van der Waals surface area contributed by atoms with Crippen molar-refractivity contribution in [3.05, 3.63) is 71.8 Å². The van der Waals surface area contributed by atoms with Crippen LogP contribution in [0.3, 0.4) is 0 Å². The van der Waals surface area contributed by atoms with E-state index in [1.54, 1.807) is 13.8 Å². The van der Waals surface area contributed by atoms with Crippen LogP contribution in [0.4, 0.5) is 0 Å². The number of benzene rings is 2. The minimum absolute atomic E-state index is 0.142. The van der Waals surface area contributed by atoms with E-state index in [-0.39, 0.29) is 17.7 Å². The average Bonchev–Trinajstić information content (AvgIpc) is 2.84. The first-order valence-corrected chi connectivity index (χ1v) is 10.1. The number of nitrogens with zero attached hydrogens (tertiary/aromatic N) is 1. The van der Waals surface area contributed by atoms with Crippen LogP contribution in [0.25, 0.3) is 0 Å². The molecule has 2 aromatic rings. The molecule has 0 spiro atoms. The van der Waals surface area contributed by atoms with Gasteiger partial charge in [-0.15, -0.1) is 0 Å². The number of esters is 1. The SMILES string of the molecule is CC1(C)[C@H](C(=O)OC(c2ccccc2)c2ccccc2)N2C(=O)C[C@H]2[S@@]1=O. The number of amides is 1. The number of hydrogen-bond acceptors (Lipinski definition) is 4. The zero-order valence-electron chi connectivity index (χ0n) is 15.2. The number of carbonyl (C=O) groups is 2. The van der Waals surface area contributed by atoms with Crippen LogP contribution in [-0.4, -0.2) is 37.1 Å². The second kappa shape index (κ2) is 6.60. The first kappa shape index (κ1) is 17.9. The van der Waals surface area contributed by atoms with E-state index in [0.717, 1.165) is 11.1 Å². The maximum atomic E-state index is 13.1. The van der Waals surface area contributed by atoms with Gasteiger partial charge in [0.1, 0.15) is 11.4 Å². The summed E-state index contributed by atoms with van der Waals surface area (Å²) in [5.41, 5.74) is 1.70. The fourth-order valence-corrected chi connectivity index (χ4v) is 5.72. The molecule has 6 heteroatoms. The molecule has 140 valence electrons. The van der Waals surface area contributed by atoms with Crippen molar-refractivity contribution in [3.8, 4) is 0 Å². The molecule has 2 aromatic carbocycles. The van der Waals surface area contributed by atoms with Gasteiger partial charge < -0.3 is 9.64 Å². The third-order valence-electron chi connectivity index (χ3n) is 5.31. The third-order valence-corrected chi connectivity index (χ3v) is 7.46. The largest absolute Gasteiger partial charge is 0.451 e. The standard InChI is InChI=1S/C21H21NO4S/c1-21(2)19(22-16(23)13-17(22)27(21)25)20(24)26-18(14-9-5-3-6-10-14)15-11-7-4-8-12-15/h3-12,17-19H,13H2,1-2H3/t17-,19+,27+/m1/s1. The molecule has 3 atom stereocenters. The van der Waals surface area contributed by atoms with E-state index in [1.165, 1.54) is 4.90 Å². The van der Waals surface area contributed by atoms with Gasteiger partial charge >= 0.3 is 5.97 Å². The summed E-state index contributed by atoms with van der Waals surface area (Å²) in [5.74, 6) is -0.654. The van der Waals surface area contributed by atoms with Crippen LogP contribution < -0.4 is 0 Å². The summed E-state index contributed by atoms with van der Waals surface area (Å²) in [6.45, 7) is 3.53. The Morgan fingerprint density at radius 3 is 2.07 bits per heavy atom. The normalized spacial score (nSPS) is 25.8. The molecule has 2 fully saturated rings. The van der Waals surface area contributed by atoms with Crippen molar-refractivity contribution < 1.29 is 18.5 Å². The Kier molecular flexibility index (Phi) is 4.38. The maximum Gasteiger partial charge on any atom is 0.331 e. The number of β-lactam (4-membered cyclic amide) rings is 1. The van der Waals surface area contributed by atoms with Crippen molar-refractivity contribution >= 4 is 22.7 Å². The summed E-state index contributed by atoms with van der Waals surface area (Å²) in [7, 11) is -1.29. The molecule has 2 aliphatic heterocycles. The van der Waals surface area contributed by atoms with Crippen molar-refractivity contribution in [1.29, 1.82) is 0 Å². The van der Waals surface area contributed by atoms with Crippen molar-refractivity contribution in [2.45, 2.75) is 42.5 Å². The van der Waals surface area contributed by atoms with Gasteiger partial charge in [0.05, 0.1) is 22.0 Å². The first-order valence-electron chi connectivity index (χ1n) is 8.93. The monoisotopic (exact) mass is 383 g/mol. The van der Waals surface area contributed by atoms with Gasteiger partial charge in [0.15, 0.2) is 6.10 Å².